The van der Waals surface area contributed by atoms with E-state index in [4.69, 9.17) is 14.2 Å². The van der Waals surface area contributed by atoms with Crippen molar-refractivity contribution in [3.8, 4) is 23.0 Å². The molecule has 2 bridgehead atoms. The van der Waals surface area contributed by atoms with Crippen LogP contribution in [0.25, 0.3) is 0 Å². The molecule has 0 aromatic heterocycles. The van der Waals surface area contributed by atoms with Gasteiger partial charge in [-0.1, -0.05) is 30.3 Å². The number of carbonyl (C=O) groups is 1. The molecule has 3 aromatic rings. The molecule has 0 N–H and O–H groups in total. The number of hydrogen-bond acceptors (Lipinski definition) is 4. The number of rotatable bonds is 4. The number of fused-ring (bicyclic) bond motifs is 3. The van der Waals surface area contributed by atoms with Crippen molar-refractivity contribution < 1.29 is 19.0 Å². The average Bonchev–Trinajstić information content (AvgIpc) is 3.13. The van der Waals surface area contributed by atoms with Crippen LogP contribution in [0.4, 0.5) is 0 Å². The van der Waals surface area contributed by atoms with Crippen LogP contribution in [0.2, 0.25) is 0 Å². The lowest BCUT2D eigenvalue weighted by Crippen LogP contribution is -2.46. The van der Waals surface area contributed by atoms with Crippen LogP contribution in [-0.2, 0) is 0 Å². The molecule has 3 aromatic carbocycles. The molecule has 0 aliphatic carbocycles. The molecule has 5 nitrogen and oxygen atoms in total. The normalized spacial score (nSPS) is 23.3. The Balaban J connectivity index is 1.15. The zero-order chi connectivity index (χ0) is 22.2. The van der Waals surface area contributed by atoms with Crippen molar-refractivity contribution in [2.24, 2.45) is 0 Å². The van der Waals surface area contributed by atoms with Crippen molar-refractivity contribution in [3.05, 3.63) is 83.9 Å². The molecule has 1 unspecified atom stereocenters. The molecule has 0 spiro atoms. The topological polar surface area (TPSA) is 48.0 Å². The molecule has 2 saturated heterocycles. The summed E-state index contributed by atoms with van der Waals surface area (Å²) in [4.78, 5) is 15.6. The van der Waals surface area contributed by atoms with Gasteiger partial charge >= 0.3 is 0 Å². The highest BCUT2D eigenvalue weighted by molar-refractivity contribution is 5.95. The summed E-state index contributed by atoms with van der Waals surface area (Å²) in [5, 5.41) is 0. The molecular formula is C28H27NO4. The van der Waals surface area contributed by atoms with Gasteiger partial charge in [0.15, 0.2) is 11.5 Å². The zero-order valence-electron chi connectivity index (χ0n) is 18.5. The first-order valence-electron chi connectivity index (χ1n) is 11.8. The third kappa shape index (κ3) is 3.92. The van der Waals surface area contributed by atoms with E-state index in [0.29, 0.717) is 30.4 Å². The van der Waals surface area contributed by atoms with E-state index in [1.807, 2.05) is 48.5 Å². The number of carbonyl (C=O) groups excluding carboxylic acids is 1. The maximum atomic E-state index is 13.4. The predicted octanol–water partition coefficient (Wildman–Crippen LogP) is 5.80. The Morgan fingerprint density at radius 2 is 1.45 bits per heavy atom. The highest BCUT2D eigenvalue weighted by atomic mass is 16.6. The summed E-state index contributed by atoms with van der Waals surface area (Å²) in [6.07, 6.45) is 4.16. The highest BCUT2D eigenvalue weighted by Crippen LogP contribution is 2.44. The number of ether oxygens (including phenoxy) is 3. The van der Waals surface area contributed by atoms with E-state index in [1.54, 1.807) is 0 Å². The van der Waals surface area contributed by atoms with Gasteiger partial charge in [0.05, 0.1) is 0 Å². The minimum absolute atomic E-state index is 0.115. The predicted molar refractivity (Wildman–Crippen MR) is 125 cm³/mol. The van der Waals surface area contributed by atoms with Crippen LogP contribution in [0.1, 0.15) is 47.5 Å². The van der Waals surface area contributed by atoms with Crippen molar-refractivity contribution in [3.63, 3.8) is 0 Å². The van der Waals surface area contributed by atoms with Crippen LogP contribution in [-0.4, -0.2) is 36.1 Å². The Bertz CT molecular complexity index is 1130. The van der Waals surface area contributed by atoms with Gasteiger partial charge in [-0.2, -0.15) is 0 Å². The lowest BCUT2D eigenvalue weighted by molar-refractivity contribution is 0.0570. The summed E-state index contributed by atoms with van der Waals surface area (Å²) < 4.78 is 17.2. The number of benzene rings is 3. The van der Waals surface area contributed by atoms with Gasteiger partial charge in [0.1, 0.15) is 24.7 Å². The molecule has 5 heteroatoms. The van der Waals surface area contributed by atoms with Crippen LogP contribution >= 0.6 is 0 Å². The van der Waals surface area contributed by atoms with Gasteiger partial charge < -0.3 is 19.1 Å². The monoisotopic (exact) mass is 441 g/mol. The first-order chi connectivity index (χ1) is 16.2. The minimum Gasteiger partial charge on any atom is -0.486 e. The van der Waals surface area contributed by atoms with Crippen LogP contribution < -0.4 is 14.2 Å². The Morgan fingerprint density at radius 1 is 0.788 bits per heavy atom. The molecule has 3 atom stereocenters. The van der Waals surface area contributed by atoms with Crippen LogP contribution in [0.15, 0.2) is 72.8 Å². The second kappa shape index (κ2) is 8.47. The highest BCUT2D eigenvalue weighted by Gasteiger charge is 2.43. The summed E-state index contributed by atoms with van der Waals surface area (Å²) >= 11 is 0. The largest absolute Gasteiger partial charge is 0.486 e. The fourth-order valence-corrected chi connectivity index (χ4v) is 5.54. The summed E-state index contributed by atoms with van der Waals surface area (Å²) in [7, 11) is 0. The van der Waals surface area contributed by atoms with Crippen LogP contribution in [0.5, 0.6) is 23.0 Å². The molecule has 6 rings (SSSR count). The van der Waals surface area contributed by atoms with Gasteiger partial charge in [0, 0.05) is 17.6 Å². The molecule has 0 radical (unpaired) electrons. The number of nitrogens with zero attached hydrogens (tertiary/aromatic N) is 1. The molecule has 33 heavy (non-hydrogen) atoms. The molecular weight excluding hydrogens is 414 g/mol. The number of amides is 1. The van der Waals surface area contributed by atoms with E-state index < -0.39 is 0 Å². The summed E-state index contributed by atoms with van der Waals surface area (Å²) in [5.41, 5.74) is 2.02. The fourth-order valence-electron chi connectivity index (χ4n) is 5.54. The summed E-state index contributed by atoms with van der Waals surface area (Å²) in [6, 6.07) is 24.4. The van der Waals surface area contributed by atoms with E-state index in [1.165, 1.54) is 5.56 Å². The quantitative estimate of drug-likeness (QED) is 0.513. The van der Waals surface area contributed by atoms with E-state index in [9.17, 15) is 4.79 Å². The maximum absolute atomic E-state index is 13.4. The van der Waals surface area contributed by atoms with E-state index in [2.05, 4.69) is 29.2 Å². The second-order valence-electron chi connectivity index (χ2n) is 9.11. The van der Waals surface area contributed by atoms with Gasteiger partial charge in [-0.15, -0.1) is 0 Å². The smallest absolute Gasteiger partial charge is 0.254 e. The van der Waals surface area contributed by atoms with Gasteiger partial charge in [-0.25, -0.2) is 0 Å². The van der Waals surface area contributed by atoms with Gasteiger partial charge in [0.25, 0.3) is 5.91 Å². The van der Waals surface area contributed by atoms with Crippen LogP contribution in [0, 0.1) is 0 Å². The molecule has 0 saturated carbocycles. The zero-order valence-corrected chi connectivity index (χ0v) is 18.5. The van der Waals surface area contributed by atoms with Crippen molar-refractivity contribution >= 4 is 5.91 Å². The first kappa shape index (κ1) is 20.2. The van der Waals surface area contributed by atoms with Crippen molar-refractivity contribution in [1.82, 2.24) is 4.90 Å². The van der Waals surface area contributed by atoms with Gasteiger partial charge in [-0.05, 0) is 79.6 Å². The second-order valence-corrected chi connectivity index (χ2v) is 9.11. The Hall–Kier alpha value is -3.47. The van der Waals surface area contributed by atoms with Crippen LogP contribution in [0.3, 0.4) is 0 Å². The molecule has 1 amide bonds. The third-order valence-corrected chi connectivity index (χ3v) is 7.09. The SMILES string of the molecule is O=C(c1ccc2c(c1)OCCO2)N1[C@@H]2CC[C@H]1CC(c1ccc(Oc3ccccc3)cc1)C2. The number of para-hydroxylation sites is 1. The first-order valence-corrected chi connectivity index (χ1v) is 11.8. The molecule has 168 valence electrons. The van der Waals surface area contributed by atoms with Gasteiger partial charge in [0.2, 0.25) is 0 Å². The molecule has 2 fully saturated rings. The fraction of sp³-hybridized carbons (Fsp3) is 0.321. The maximum Gasteiger partial charge on any atom is 0.254 e. The Kier molecular flexibility index (Phi) is 5.17. The minimum atomic E-state index is 0.115. The van der Waals surface area contributed by atoms with Gasteiger partial charge in [-0.3, -0.25) is 4.79 Å². The van der Waals surface area contributed by atoms with Crippen molar-refractivity contribution in [2.75, 3.05) is 13.2 Å². The standard InChI is InChI=1S/C28H27NO4/c30-28(20-8-13-26-27(18-20)32-15-14-31-26)29-22-9-10-23(29)17-21(16-22)19-6-11-25(12-7-19)33-24-4-2-1-3-5-24/h1-8,11-13,18,21-23H,9-10,14-17H2/t21?,22-,23+. The molecule has 3 aliphatic rings. The van der Waals surface area contributed by atoms with Crippen molar-refractivity contribution in [1.29, 1.82) is 0 Å². The van der Waals surface area contributed by atoms with E-state index in [0.717, 1.165) is 42.9 Å². The third-order valence-electron chi connectivity index (χ3n) is 7.09. The lowest BCUT2D eigenvalue weighted by Gasteiger charge is -2.39. The van der Waals surface area contributed by atoms with E-state index in [-0.39, 0.29) is 18.0 Å². The number of piperidine rings is 1. The Labute approximate surface area is 193 Å². The summed E-state index contributed by atoms with van der Waals surface area (Å²) in [5.74, 6) is 3.67. The van der Waals surface area contributed by atoms with E-state index >= 15 is 0 Å². The Morgan fingerprint density at radius 3 is 2.18 bits per heavy atom. The number of hydrogen-bond donors (Lipinski definition) is 0. The molecule has 3 heterocycles. The summed E-state index contributed by atoms with van der Waals surface area (Å²) in [6.45, 7) is 1.08. The average molecular weight is 442 g/mol. The lowest BCUT2D eigenvalue weighted by atomic mass is 9.84. The molecule has 3 aliphatic heterocycles. The van der Waals surface area contributed by atoms with Crippen molar-refractivity contribution in [2.45, 2.75) is 43.7 Å².